The highest BCUT2D eigenvalue weighted by molar-refractivity contribution is 5.96. The third-order valence-electron chi connectivity index (χ3n) is 7.02. The first-order valence-electron chi connectivity index (χ1n) is 11.8. The van der Waals surface area contributed by atoms with Gasteiger partial charge in [0, 0.05) is 49.5 Å². The Bertz CT molecular complexity index is 1250. The first kappa shape index (κ1) is 22.4. The van der Waals surface area contributed by atoms with E-state index in [0.717, 1.165) is 30.9 Å². The van der Waals surface area contributed by atoms with Crippen LogP contribution in [0.2, 0.25) is 0 Å². The molecule has 0 unspecified atom stereocenters. The molecule has 1 aliphatic heterocycles. The van der Waals surface area contributed by atoms with Crippen molar-refractivity contribution < 1.29 is 27.5 Å². The highest BCUT2D eigenvalue weighted by Gasteiger charge is 2.54. The highest BCUT2D eigenvalue weighted by atomic mass is 19.3. The van der Waals surface area contributed by atoms with E-state index < -0.39 is 17.4 Å². The van der Waals surface area contributed by atoms with Crippen molar-refractivity contribution in [1.29, 1.82) is 0 Å². The molecule has 6 rings (SSSR count). The summed E-state index contributed by atoms with van der Waals surface area (Å²) in [7, 11) is 0. The smallest absolute Gasteiger partial charge is 0.287 e. The lowest BCUT2D eigenvalue weighted by Crippen LogP contribution is -2.40. The summed E-state index contributed by atoms with van der Waals surface area (Å²) in [5, 5.41) is 7.41. The van der Waals surface area contributed by atoms with Crippen LogP contribution >= 0.6 is 0 Å². The van der Waals surface area contributed by atoms with Gasteiger partial charge in [-0.25, -0.2) is 8.78 Å². The number of nitrogens with one attached hydrogen (secondary N) is 1. The van der Waals surface area contributed by atoms with Crippen LogP contribution in [0.25, 0.3) is 11.3 Å². The van der Waals surface area contributed by atoms with Gasteiger partial charge in [-0.2, -0.15) is 5.10 Å². The van der Waals surface area contributed by atoms with E-state index in [1.807, 2.05) is 18.3 Å². The van der Waals surface area contributed by atoms with Crippen LogP contribution in [0.1, 0.15) is 52.8 Å². The summed E-state index contributed by atoms with van der Waals surface area (Å²) < 4.78 is 48.6. The lowest BCUT2D eigenvalue weighted by molar-refractivity contribution is -0.0856. The number of alkyl halides is 2. The van der Waals surface area contributed by atoms with Crippen LogP contribution in [0.4, 0.5) is 8.78 Å². The zero-order chi connectivity index (χ0) is 24.2. The molecular weight excluding hydrogens is 458 g/mol. The zero-order valence-corrected chi connectivity index (χ0v) is 19.4. The van der Waals surface area contributed by atoms with Gasteiger partial charge in [0.1, 0.15) is 11.5 Å². The number of ether oxygens (including phenoxy) is 2. The van der Waals surface area contributed by atoms with E-state index in [0.29, 0.717) is 44.2 Å². The third-order valence-corrected chi connectivity index (χ3v) is 7.02. The van der Waals surface area contributed by atoms with E-state index in [1.165, 1.54) is 0 Å². The molecule has 3 aliphatic rings. The Morgan fingerprint density at radius 1 is 1.29 bits per heavy atom. The van der Waals surface area contributed by atoms with Crippen molar-refractivity contribution in [2.45, 2.75) is 50.2 Å². The summed E-state index contributed by atoms with van der Waals surface area (Å²) >= 11 is 0. The van der Waals surface area contributed by atoms with Crippen molar-refractivity contribution in [3.8, 4) is 11.3 Å². The van der Waals surface area contributed by atoms with Gasteiger partial charge in [-0.15, -0.1) is 0 Å². The summed E-state index contributed by atoms with van der Waals surface area (Å²) in [6, 6.07) is 3.79. The highest BCUT2D eigenvalue weighted by Crippen LogP contribution is 2.59. The maximum absolute atomic E-state index is 15.0. The van der Waals surface area contributed by atoms with Crippen molar-refractivity contribution in [2.75, 3.05) is 26.4 Å². The summed E-state index contributed by atoms with van der Waals surface area (Å²) in [5.41, 5.74) is 2.12. The van der Waals surface area contributed by atoms with E-state index in [2.05, 4.69) is 10.3 Å². The number of nitrogens with zero attached hydrogens (tertiary/aromatic N) is 3. The molecule has 2 fully saturated rings. The first-order valence-corrected chi connectivity index (χ1v) is 11.8. The number of furan rings is 1. The molecule has 0 aromatic carbocycles. The SMILES string of the molecule is CC(F)(F)c1c(C(=O)NC[C@@H]2COCCO2)oc2c1-c1nn(Cc3ccncc3)cc1C1(CC1)C2. The van der Waals surface area contributed by atoms with Crippen LogP contribution in [0.5, 0.6) is 0 Å². The molecule has 4 heterocycles. The minimum Gasteiger partial charge on any atom is -0.455 e. The molecule has 1 saturated heterocycles. The van der Waals surface area contributed by atoms with Gasteiger partial charge in [0.2, 0.25) is 5.76 Å². The van der Waals surface area contributed by atoms with Gasteiger partial charge in [0.05, 0.1) is 43.6 Å². The molecule has 2 aliphatic carbocycles. The third kappa shape index (κ3) is 4.04. The van der Waals surface area contributed by atoms with Gasteiger partial charge in [-0.1, -0.05) is 0 Å². The number of aromatic nitrogens is 3. The monoisotopic (exact) mass is 484 g/mol. The van der Waals surface area contributed by atoms with Gasteiger partial charge >= 0.3 is 0 Å². The van der Waals surface area contributed by atoms with Crippen LogP contribution < -0.4 is 5.32 Å². The van der Waals surface area contributed by atoms with Crippen LogP contribution in [0.3, 0.4) is 0 Å². The van der Waals surface area contributed by atoms with Crippen LogP contribution in [-0.4, -0.2) is 53.1 Å². The maximum atomic E-state index is 15.0. The van der Waals surface area contributed by atoms with Gasteiger partial charge in [-0.05, 0) is 30.5 Å². The van der Waals surface area contributed by atoms with Crippen molar-refractivity contribution in [3.05, 3.63) is 58.9 Å². The molecule has 1 saturated carbocycles. The molecule has 3 aromatic heterocycles. The number of fused-ring (bicyclic) bond motifs is 4. The van der Waals surface area contributed by atoms with Crippen molar-refractivity contribution in [3.63, 3.8) is 0 Å². The van der Waals surface area contributed by atoms with E-state index in [1.54, 1.807) is 17.1 Å². The fourth-order valence-electron chi connectivity index (χ4n) is 5.12. The Morgan fingerprint density at radius 3 is 2.77 bits per heavy atom. The lowest BCUT2D eigenvalue weighted by Gasteiger charge is -2.23. The Morgan fingerprint density at radius 2 is 2.09 bits per heavy atom. The Hall–Kier alpha value is -3.11. The molecule has 35 heavy (non-hydrogen) atoms. The predicted octanol–water partition coefficient (Wildman–Crippen LogP) is 3.43. The fourth-order valence-corrected chi connectivity index (χ4v) is 5.12. The van der Waals surface area contributed by atoms with Gasteiger partial charge in [0.25, 0.3) is 11.8 Å². The second-order valence-electron chi connectivity index (χ2n) is 9.67. The van der Waals surface area contributed by atoms with Crippen molar-refractivity contribution in [1.82, 2.24) is 20.1 Å². The van der Waals surface area contributed by atoms with Crippen molar-refractivity contribution in [2.24, 2.45) is 0 Å². The molecule has 3 aromatic rings. The second-order valence-corrected chi connectivity index (χ2v) is 9.67. The quantitative estimate of drug-likeness (QED) is 0.577. The van der Waals surface area contributed by atoms with Gasteiger partial charge < -0.3 is 19.2 Å². The van der Waals surface area contributed by atoms with Gasteiger partial charge in [0.15, 0.2) is 0 Å². The van der Waals surface area contributed by atoms with Crippen molar-refractivity contribution >= 4 is 5.91 Å². The van der Waals surface area contributed by atoms with Crippen LogP contribution in [0, 0.1) is 0 Å². The lowest BCUT2D eigenvalue weighted by atomic mass is 9.81. The Labute approximate surface area is 200 Å². The second kappa shape index (κ2) is 8.23. The van der Waals surface area contributed by atoms with E-state index in [-0.39, 0.29) is 29.4 Å². The zero-order valence-electron chi connectivity index (χ0n) is 19.4. The number of carbonyl (C=O) groups excluding carboxylic acids is 1. The van der Waals surface area contributed by atoms with Gasteiger partial charge in [-0.3, -0.25) is 14.5 Å². The molecule has 0 radical (unpaired) electrons. The molecule has 1 N–H and O–H groups in total. The maximum Gasteiger partial charge on any atom is 0.287 e. The molecular formula is C25H26F2N4O4. The molecule has 10 heteroatoms. The number of halogens is 2. The average molecular weight is 485 g/mol. The number of hydrogen-bond acceptors (Lipinski definition) is 6. The molecule has 8 nitrogen and oxygen atoms in total. The van der Waals surface area contributed by atoms with Crippen LogP contribution in [-0.2, 0) is 33.8 Å². The van der Waals surface area contributed by atoms with E-state index in [4.69, 9.17) is 19.0 Å². The predicted molar refractivity (Wildman–Crippen MR) is 120 cm³/mol. The summed E-state index contributed by atoms with van der Waals surface area (Å²) in [5.74, 6) is -3.93. The van der Waals surface area contributed by atoms with Crippen LogP contribution in [0.15, 0.2) is 35.1 Å². The minimum atomic E-state index is -3.30. The fraction of sp³-hybridized carbons (Fsp3) is 0.480. The normalized spacial score (nSPS) is 20.4. The molecule has 1 amide bonds. The Kier molecular flexibility index (Phi) is 5.26. The number of hydrogen-bond donors (Lipinski definition) is 1. The standard InChI is InChI=1S/C25H26F2N4O4/c1-24(26,27)20-19-18(35-22(20)23(32)29-11-16-14-33-8-9-34-16)10-25(4-5-25)17-13-31(30-21(17)19)12-15-2-6-28-7-3-15/h2-3,6-7,13,16H,4-5,8-12,14H2,1H3,(H,29,32)/t16-/m1/s1. The topological polar surface area (TPSA) is 91.4 Å². The first-order chi connectivity index (χ1) is 16.8. The minimum absolute atomic E-state index is 0.147. The van der Waals surface area contributed by atoms with E-state index >= 15 is 8.78 Å². The molecule has 1 atom stereocenters. The summed E-state index contributed by atoms with van der Waals surface area (Å²) in [6.45, 7) is 2.71. The van der Waals surface area contributed by atoms with E-state index in [9.17, 15) is 4.79 Å². The average Bonchev–Trinajstić information content (AvgIpc) is 3.29. The number of pyridine rings is 1. The Balaban J connectivity index is 1.37. The summed E-state index contributed by atoms with van der Waals surface area (Å²) in [4.78, 5) is 17.1. The number of amides is 1. The largest absolute Gasteiger partial charge is 0.455 e. The molecule has 1 spiro atoms. The number of rotatable bonds is 6. The molecule has 184 valence electrons. The molecule has 0 bridgehead atoms. The summed E-state index contributed by atoms with van der Waals surface area (Å²) in [6.07, 6.45) is 7.38. The number of carbonyl (C=O) groups is 1.